The van der Waals surface area contributed by atoms with Crippen molar-refractivity contribution in [3.8, 4) is 17.0 Å². The lowest BCUT2D eigenvalue weighted by Crippen LogP contribution is -2.06. The van der Waals surface area contributed by atoms with Gasteiger partial charge in [-0.2, -0.15) is 0 Å². The second-order valence-corrected chi connectivity index (χ2v) is 3.63. The summed E-state index contributed by atoms with van der Waals surface area (Å²) in [4.78, 5) is 7.08. The first-order valence-electron chi connectivity index (χ1n) is 5.02. The molecule has 0 amide bonds. The molecule has 3 heteroatoms. The van der Waals surface area contributed by atoms with Crippen LogP contribution < -0.4 is 4.74 Å². The topological polar surface area (TPSA) is 37.9 Å². The maximum atomic E-state index is 5.72. The first-order chi connectivity index (χ1) is 7.27. The molecule has 0 atom stereocenters. The quantitative estimate of drug-likeness (QED) is 0.831. The fourth-order valence-electron chi connectivity index (χ4n) is 1.45. The van der Waals surface area contributed by atoms with Crippen LogP contribution in [0.15, 0.2) is 36.8 Å². The second-order valence-electron chi connectivity index (χ2n) is 3.63. The van der Waals surface area contributed by atoms with E-state index in [1.165, 1.54) is 0 Å². The highest BCUT2D eigenvalue weighted by Gasteiger charge is 2.07. The molecule has 3 nitrogen and oxygen atoms in total. The van der Waals surface area contributed by atoms with Gasteiger partial charge in [-0.25, -0.2) is 4.98 Å². The molecule has 1 aromatic carbocycles. The van der Waals surface area contributed by atoms with E-state index in [1.54, 1.807) is 12.5 Å². The zero-order valence-corrected chi connectivity index (χ0v) is 8.90. The van der Waals surface area contributed by atoms with Crippen LogP contribution in [-0.4, -0.2) is 16.1 Å². The van der Waals surface area contributed by atoms with E-state index in [0.717, 1.165) is 17.0 Å². The summed E-state index contributed by atoms with van der Waals surface area (Å²) in [5.74, 6) is 0.886. The number of nitrogens with one attached hydrogen (secondary N) is 1. The van der Waals surface area contributed by atoms with Gasteiger partial charge in [-0.1, -0.05) is 12.1 Å². The van der Waals surface area contributed by atoms with Crippen molar-refractivity contribution in [3.05, 3.63) is 36.8 Å². The Morgan fingerprint density at radius 1 is 1.27 bits per heavy atom. The average Bonchev–Trinajstić information content (AvgIpc) is 2.70. The number of hydrogen-bond acceptors (Lipinski definition) is 2. The fraction of sp³-hybridized carbons (Fsp3) is 0.250. The molecule has 0 saturated carbocycles. The van der Waals surface area contributed by atoms with Crippen LogP contribution in [0.25, 0.3) is 11.3 Å². The molecular weight excluding hydrogens is 188 g/mol. The third-order valence-electron chi connectivity index (χ3n) is 2.04. The van der Waals surface area contributed by atoms with Crippen molar-refractivity contribution in [2.24, 2.45) is 0 Å². The monoisotopic (exact) mass is 202 g/mol. The summed E-state index contributed by atoms with van der Waals surface area (Å²) < 4.78 is 5.72. The lowest BCUT2D eigenvalue weighted by Gasteiger charge is -2.12. The Morgan fingerprint density at radius 2 is 2.07 bits per heavy atom. The van der Waals surface area contributed by atoms with Gasteiger partial charge in [0.2, 0.25) is 0 Å². The van der Waals surface area contributed by atoms with E-state index in [0.29, 0.717) is 0 Å². The Kier molecular flexibility index (Phi) is 2.72. The molecule has 1 N–H and O–H groups in total. The summed E-state index contributed by atoms with van der Waals surface area (Å²) in [6, 6.07) is 7.95. The second kappa shape index (κ2) is 4.17. The molecule has 2 rings (SSSR count). The van der Waals surface area contributed by atoms with Crippen molar-refractivity contribution in [2.75, 3.05) is 0 Å². The highest BCUT2D eigenvalue weighted by atomic mass is 16.5. The van der Waals surface area contributed by atoms with Crippen molar-refractivity contribution in [3.63, 3.8) is 0 Å². The van der Waals surface area contributed by atoms with Gasteiger partial charge in [-0.15, -0.1) is 0 Å². The predicted molar refractivity (Wildman–Crippen MR) is 59.8 cm³/mol. The summed E-state index contributed by atoms with van der Waals surface area (Å²) in [5.41, 5.74) is 2.02. The summed E-state index contributed by atoms with van der Waals surface area (Å²) in [7, 11) is 0. The summed E-state index contributed by atoms with van der Waals surface area (Å²) >= 11 is 0. The maximum Gasteiger partial charge on any atom is 0.129 e. The first-order valence-corrected chi connectivity index (χ1v) is 5.02. The predicted octanol–water partition coefficient (Wildman–Crippen LogP) is 2.86. The van der Waals surface area contributed by atoms with Crippen LogP contribution in [0.1, 0.15) is 13.8 Å². The summed E-state index contributed by atoms with van der Waals surface area (Å²) in [5, 5.41) is 0. The molecule has 0 bridgehead atoms. The maximum absolute atomic E-state index is 5.72. The highest BCUT2D eigenvalue weighted by Crippen LogP contribution is 2.28. The summed E-state index contributed by atoms with van der Waals surface area (Å²) in [6.45, 7) is 4.04. The molecule has 2 aromatic rings. The van der Waals surface area contributed by atoms with E-state index >= 15 is 0 Å². The normalized spacial score (nSPS) is 10.6. The minimum absolute atomic E-state index is 0.175. The summed E-state index contributed by atoms with van der Waals surface area (Å²) in [6.07, 6.45) is 3.64. The Bertz CT molecular complexity index is 421. The molecule has 0 radical (unpaired) electrons. The molecule has 0 spiro atoms. The highest BCUT2D eigenvalue weighted by molar-refractivity contribution is 5.66. The van der Waals surface area contributed by atoms with Crippen molar-refractivity contribution < 1.29 is 4.74 Å². The molecule has 78 valence electrons. The first kappa shape index (κ1) is 9.77. The van der Waals surface area contributed by atoms with E-state index < -0.39 is 0 Å². The van der Waals surface area contributed by atoms with Crippen molar-refractivity contribution in [1.29, 1.82) is 0 Å². The number of para-hydroxylation sites is 1. The van der Waals surface area contributed by atoms with E-state index in [2.05, 4.69) is 9.97 Å². The molecule has 0 aliphatic rings. The molecule has 15 heavy (non-hydrogen) atoms. The van der Waals surface area contributed by atoms with E-state index in [-0.39, 0.29) is 6.10 Å². The van der Waals surface area contributed by atoms with E-state index in [1.807, 2.05) is 38.1 Å². The Labute approximate surface area is 89.1 Å². The molecule has 0 unspecified atom stereocenters. The zero-order chi connectivity index (χ0) is 10.7. The number of aromatic nitrogens is 2. The number of aromatic amines is 1. The SMILES string of the molecule is CC(C)Oc1ccccc1-c1cnc[nH]1. The van der Waals surface area contributed by atoms with Gasteiger partial charge >= 0.3 is 0 Å². The number of nitrogens with zero attached hydrogens (tertiary/aromatic N) is 1. The molecule has 0 saturated heterocycles. The van der Waals surface area contributed by atoms with Gasteiger partial charge in [0.05, 0.1) is 24.3 Å². The molecule has 0 aliphatic carbocycles. The van der Waals surface area contributed by atoms with Gasteiger partial charge in [-0.05, 0) is 26.0 Å². The number of ether oxygens (including phenoxy) is 1. The van der Waals surface area contributed by atoms with Crippen LogP contribution >= 0.6 is 0 Å². The number of benzene rings is 1. The van der Waals surface area contributed by atoms with Gasteiger partial charge in [0.15, 0.2) is 0 Å². The molecule has 1 aromatic heterocycles. The molecule has 1 heterocycles. The minimum Gasteiger partial charge on any atom is -0.490 e. The van der Waals surface area contributed by atoms with Crippen LogP contribution in [0, 0.1) is 0 Å². The molecule has 0 fully saturated rings. The molecule has 0 aliphatic heterocycles. The Balaban J connectivity index is 2.38. The van der Waals surface area contributed by atoms with Gasteiger partial charge in [0.1, 0.15) is 5.75 Å². The van der Waals surface area contributed by atoms with E-state index in [9.17, 15) is 0 Å². The minimum atomic E-state index is 0.175. The van der Waals surface area contributed by atoms with Crippen molar-refractivity contribution in [2.45, 2.75) is 20.0 Å². The zero-order valence-electron chi connectivity index (χ0n) is 8.90. The van der Waals surface area contributed by atoms with Crippen LogP contribution in [-0.2, 0) is 0 Å². The van der Waals surface area contributed by atoms with Crippen LogP contribution in [0.5, 0.6) is 5.75 Å². The number of hydrogen-bond donors (Lipinski definition) is 1. The smallest absolute Gasteiger partial charge is 0.129 e. The third-order valence-corrected chi connectivity index (χ3v) is 2.04. The van der Waals surface area contributed by atoms with Gasteiger partial charge < -0.3 is 9.72 Å². The lowest BCUT2D eigenvalue weighted by atomic mass is 10.1. The van der Waals surface area contributed by atoms with Gasteiger partial charge in [0, 0.05) is 5.56 Å². The number of imidazole rings is 1. The number of H-pyrrole nitrogens is 1. The number of rotatable bonds is 3. The van der Waals surface area contributed by atoms with Gasteiger partial charge in [0.25, 0.3) is 0 Å². The standard InChI is InChI=1S/C12H14N2O/c1-9(2)15-12-6-4-3-5-10(12)11-7-13-8-14-11/h3-9H,1-2H3,(H,13,14). The van der Waals surface area contributed by atoms with Crippen LogP contribution in [0.4, 0.5) is 0 Å². The Hall–Kier alpha value is -1.77. The average molecular weight is 202 g/mol. The van der Waals surface area contributed by atoms with E-state index in [4.69, 9.17) is 4.74 Å². The fourth-order valence-corrected chi connectivity index (χ4v) is 1.45. The lowest BCUT2D eigenvalue weighted by molar-refractivity contribution is 0.243. The van der Waals surface area contributed by atoms with Crippen molar-refractivity contribution >= 4 is 0 Å². The van der Waals surface area contributed by atoms with Crippen LogP contribution in [0.2, 0.25) is 0 Å². The third kappa shape index (κ3) is 2.18. The van der Waals surface area contributed by atoms with Crippen molar-refractivity contribution in [1.82, 2.24) is 9.97 Å². The Morgan fingerprint density at radius 3 is 2.73 bits per heavy atom. The largest absolute Gasteiger partial charge is 0.490 e. The van der Waals surface area contributed by atoms with Gasteiger partial charge in [-0.3, -0.25) is 0 Å². The van der Waals surface area contributed by atoms with Crippen LogP contribution in [0.3, 0.4) is 0 Å². The molecular formula is C12H14N2O.